The van der Waals surface area contributed by atoms with E-state index in [-0.39, 0.29) is 0 Å². The number of carbonyl (C=O) groups excluding carboxylic acids is 5. The fraction of sp³-hybridized carbons (Fsp3) is 0.465. The van der Waals surface area contributed by atoms with Crippen molar-refractivity contribution < 1.29 is 48.0 Å². The third-order valence-corrected chi connectivity index (χ3v) is 10.4. The van der Waals surface area contributed by atoms with Gasteiger partial charge in [0.2, 0.25) is 17.7 Å². The molecule has 0 saturated carbocycles. The normalized spacial score (nSPS) is 18.0. The molecule has 0 radical (unpaired) electrons. The Hall–Kier alpha value is -5.09. The van der Waals surface area contributed by atoms with E-state index < -0.39 is 76.3 Å². The van der Waals surface area contributed by atoms with Gasteiger partial charge < -0.3 is 45.3 Å². The molecule has 3 aromatic carbocycles. The Morgan fingerprint density at radius 1 is 0.569 bits per heavy atom. The Kier molecular flexibility index (Phi) is 13.7. The van der Waals surface area contributed by atoms with Crippen LogP contribution in [0.4, 0.5) is 0 Å². The molecule has 58 heavy (non-hydrogen) atoms. The lowest BCUT2D eigenvalue weighted by atomic mass is 9.67. The highest BCUT2D eigenvalue weighted by Gasteiger charge is 2.48. The van der Waals surface area contributed by atoms with Gasteiger partial charge in [-0.1, -0.05) is 84.9 Å². The summed E-state index contributed by atoms with van der Waals surface area (Å²) in [5, 5.41) is 12.6. The number of esters is 1. The fourth-order valence-electron chi connectivity index (χ4n) is 6.50. The monoisotopic (exact) mass is 802 g/mol. The minimum atomic E-state index is -2.44. The molecule has 15 heteroatoms. The van der Waals surface area contributed by atoms with E-state index in [4.69, 9.17) is 18.7 Å². The van der Waals surface area contributed by atoms with E-state index in [0.29, 0.717) is 12.0 Å². The van der Waals surface area contributed by atoms with Gasteiger partial charge in [-0.15, -0.1) is 5.46 Å². The summed E-state index contributed by atoms with van der Waals surface area (Å²) in [6, 6.07) is 27.4. The zero-order valence-electron chi connectivity index (χ0n) is 35.8. The number of nitrogens with two attached hydrogens (primary N) is 1. The summed E-state index contributed by atoms with van der Waals surface area (Å²) in [5.41, 5.74) is -3.42. The number of benzene rings is 3. The van der Waals surface area contributed by atoms with E-state index in [1.165, 1.54) is 62.5 Å². The van der Waals surface area contributed by atoms with Crippen LogP contribution in [0.1, 0.15) is 98.1 Å². The zero-order valence-corrected chi connectivity index (χ0v) is 35.8. The highest BCUT2D eigenvalue weighted by atomic mass is 16.8. The summed E-state index contributed by atoms with van der Waals surface area (Å²) in [7, 11) is 2.77. The summed E-state index contributed by atoms with van der Waals surface area (Å²) in [5.74, 6) is -3.01. The van der Waals surface area contributed by atoms with Crippen LogP contribution in [0.15, 0.2) is 84.9 Å². The molecule has 0 aliphatic carbocycles. The SMILES string of the molecule is COC(=O)[C@@](C)([13CH3])NC(=O)C(C)(C)NC(=O)C(C)(C)NC(=O)C(C)(C)NC(=O)C(C)(C)[NH2+]Cc1ccccc1[B-]1(OC)O[C@H](c2ccccc2)[C@@H](c2ccccc2)O1. The maximum absolute atomic E-state index is 13.9. The first kappa shape index (κ1) is 45.6. The summed E-state index contributed by atoms with van der Waals surface area (Å²) in [6.45, 7) is 13.3. The maximum atomic E-state index is 13.9. The number of carbonyl (C=O) groups is 5. The summed E-state index contributed by atoms with van der Waals surface area (Å²) in [4.78, 5) is 66.1. The van der Waals surface area contributed by atoms with Crippen molar-refractivity contribution in [3.8, 4) is 0 Å². The second kappa shape index (κ2) is 17.4. The number of amides is 4. The minimum Gasteiger partial charge on any atom is -0.543 e. The zero-order chi connectivity index (χ0) is 43.3. The van der Waals surface area contributed by atoms with Crippen molar-refractivity contribution >= 4 is 41.8 Å². The molecule has 1 saturated heterocycles. The van der Waals surface area contributed by atoms with Crippen molar-refractivity contribution in [2.24, 2.45) is 0 Å². The first-order valence-electron chi connectivity index (χ1n) is 19.4. The molecule has 3 aromatic rings. The maximum Gasteiger partial charge on any atom is 0.410 e. The van der Waals surface area contributed by atoms with Gasteiger partial charge in [0.05, 0.1) is 25.9 Å². The second-order valence-corrected chi connectivity index (χ2v) is 17.4. The van der Waals surface area contributed by atoms with Gasteiger partial charge in [-0.05, 0) is 93.0 Å². The molecule has 0 unspecified atom stereocenters. The van der Waals surface area contributed by atoms with E-state index in [9.17, 15) is 24.0 Å². The smallest absolute Gasteiger partial charge is 0.410 e. The van der Waals surface area contributed by atoms with Crippen LogP contribution in [-0.4, -0.2) is 78.3 Å². The number of ether oxygens (including phenoxy) is 1. The molecule has 0 spiro atoms. The third-order valence-electron chi connectivity index (χ3n) is 10.4. The summed E-state index contributed by atoms with van der Waals surface area (Å²) >= 11 is 0. The number of quaternary nitrogens is 1. The average molecular weight is 803 g/mol. The van der Waals surface area contributed by atoms with Crippen molar-refractivity contribution in [1.29, 1.82) is 0 Å². The topological polar surface area (TPSA) is 187 Å². The molecule has 3 atom stereocenters. The Morgan fingerprint density at radius 2 is 0.948 bits per heavy atom. The predicted molar refractivity (Wildman–Crippen MR) is 220 cm³/mol. The van der Waals surface area contributed by atoms with Gasteiger partial charge in [-0.2, -0.15) is 0 Å². The standard InChI is InChI=1S/C43H59BN5O9/c1-39(2,34(50)46-40(3,4)35(51)47-41(5,6)36(52)48-42(7,8)37(53)49-43(9,10)38(54)55-11)45-27-30-25-19-20-26-31(30)44(56-12)57-32(28-21-15-13-16-22-28)33(58-44)29-23-17-14-18-24-29/h13-26,32-33,45H,27H2,1-12H3,(H,46,50)(H,47,51)(H,48,52)(H,49,53)/q-1/p+1/t32-,33-/m1/s1/i9+1/t32-,33-,43+. The van der Waals surface area contributed by atoms with Crippen LogP contribution in [0.3, 0.4) is 0 Å². The van der Waals surface area contributed by atoms with Crippen LogP contribution in [0.2, 0.25) is 0 Å². The minimum absolute atomic E-state index is 0.335. The molecule has 4 amide bonds. The molecule has 0 aromatic heterocycles. The van der Waals surface area contributed by atoms with Crippen molar-refractivity contribution in [3.05, 3.63) is 102 Å². The van der Waals surface area contributed by atoms with Gasteiger partial charge >= 0.3 is 12.7 Å². The van der Waals surface area contributed by atoms with E-state index in [1.54, 1.807) is 21.0 Å². The van der Waals surface area contributed by atoms with Crippen LogP contribution in [-0.2, 0) is 49.2 Å². The Balaban J connectivity index is 1.45. The van der Waals surface area contributed by atoms with E-state index in [1.807, 2.05) is 90.2 Å². The molecule has 6 N–H and O–H groups in total. The number of rotatable bonds is 16. The van der Waals surface area contributed by atoms with Gasteiger partial charge in [0.25, 0.3) is 5.91 Å². The molecular formula is C43H60BN5O9. The second-order valence-electron chi connectivity index (χ2n) is 17.4. The first-order valence-corrected chi connectivity index (χ1v) is 19.4. The van der Waals surface area contributed by atoms with Crippen LogP contribution in [0, 0.1) is 0 Å². The van der Waals surface area contributed by atoms with E-state index >= 15 is 0 Å². The summed E-state index contributed by atoms with van der Waals surface area (Å²) in [6.07, 6.45) is -0.910. The molecule has 0 bridgehead atoms. The van der Waals surface area contributed by atoms with Crippen LogP contribution in [0.25, 0.3) is 0 Å². The molecule has 1 aliphatic heterocycles. The van der Waals surface area contributed by atoms with Crippen molar-refractivity contribution in [1.82, 2.24) is 21.3 Å². The molecule has 1 fully saturated rings. The average Bonchev–Trinajstić information content (AvgIpc) is 3.58. The van der Waals surface area contributed by atoms with Crippen molar-refractivity contribution in [2.75, 3.05) is 14.2 Å². The third kappa shape index (κ3) is 10.3. The predicted octanol–water partition coefficient (Wildman–Crippen LogP) is 2.60. The molecule has 1 heterocycles. The van der Waals surface area contributed by atoms with Crippen molar-refractivity contribution in [2.45, 2.75) is 116 Å². The fourth-order valence-corrected chi connectivity index (χ4v) is 6.50. The molecule has 1 aliphatic rings. The molecular weight excluding hydrogens is 742 g/mol. The first-order chi connectivity index (χ1) is 26.9. The van der Waals surface area contributed by atoms with Crippen LogP contribution in [0.5, 0.6) is 0 Å². The molecule has 4 rings (SSSR count). The van der Waals surface area contributed by atoms with E-state index in [0.717, 1.165) is 16.7 Å². The number of hydrogen-bond acceptors (Lipinski definition) is 9. The van der Waals surface area contributed by atoms with Crippen LogP contribution < -0.4 is 32.0 Å². The quantitative estimate of drug-likeness (QED) is 0.0825. The molecule has 314 valence electrons. The number of hydrogen-bond donors (Lipinski definition) is 5. The van der Waals surface area contributed by atoms with Gasteiger partial charge in [0.1, 0.15) is 22.2 Å². The van der Waals surface area contributed by atoms with Crippen molar-refractivity contribution in [3.63, 3.8) is 0 Å². The molecule has 14 nitrogen and oxygen atoms in total. The number of methoxy groups -OCH3 is 1. The lowest BCUT2D eigenvalue weighted by molar-refractivity contribution is -0.720. The highest BCUT2D eigenvalue weighted by Crippen LogP contribution is 2.45. The van der Waals surface area contributed by atoms with Gasteiger partial charge in [-0.25, -0.2) is 4.79 Å². The lowest BCUT2D eigenvalue weighted by Gasteiger charge is -2.37. The summed E-state index contributed by atoms with van der Waals surface area (Å²) < 4.78 is 24.5. The highest BCUT2D eigenvalue weighted by molar-refractivity contribution is 6.76. The van der Waals surface area contributed by atoms with E-state index in [2.05, 4.69) is 21.3 Å². The van der Waals surface area contributed by atoms with Gasteiger partial charge in [0, 0.05) is 0 Å². The number of nitrogens with one attached hydrogen (secondary N) is 4. The largest absolute Gasteiger partial charge is 0.543 e. The van der Waals surface area contributed by atoms with Crippen LogP contribution >= 0.6 is 0 Å². The van der Waals surface area contributed by atoms with Gasteiger partial charge in [-0.3, -0.25) is 19.2 Å². The Morgan fingerprint density at radius 3 is 1.36 bits per heavy atom. The lowest BCUT2D eigenvalue weighted by Crippen LogP contribution is -2.97. The Bertz CT molecular complexity index is 1920. The Labute approximate surface area is 341 Å². The van der Waals surface area contributed by atoms with Gasteiger partial charge in [0.15, 0.2) is 5.54 Å².